The molecule has 170 valence electrons. The predicted molar refractivity (Wildman–Crippen MR) is 132 cm³/mol. The Morgan fingerprint density at radius 1 is 1.10 bits per heavy atom. The zero-order chi connectivity index (χ0) is 22.1. The molecule has 0 saturated carbocycles. The van der Waals surface area contributed by atoms with E-state index >= 15 is 0 Å². The molecule has 0 spiro atoms. The maximum Gasteiger partial charge on any atom is 0.253 e. The largest absolute Gasteiger partial charge is 0.357 e. The first-order valence-corrected chi connectivity index (χ1v) is 10.1. The first-order valence-electron chi connectivity index (χ1n) is 10.1. The van der Waals surface area contributed by atoms with Crippen LogP contribution in [-0.2, 0) is 6.42 Å². The average molecular weight is 544 g/mol. The minimum absolute atomic E-state index is 0. The van der Waals surface area contributed by atoms with Crippen molar-refractivity contribution in [3.63, 3.8) is 0 Å². The summed E-state index contributed by atoms with van der Waals surface area (Å²) in [6, 6.07) is 11.5. The first kappa shape index (κ1) is 26.8. The van der Waals surface area contributed by atoms with Gasteiger partial charge in [0.2, 0.25) is 0 Å². The lowest BCUT2D eigenvalue weighted by Crippen LogP contribution is -2.38. The number of halogens is 3. The number of carbonyl (C=O) groups excluding carboxylic acids is 1. The van der Waals surface area contributed by atoms with Gasteiger partial charge >= 0.3 is 0 Å². The third-order valence-corrected chi connectivity index (χ3v) is 4.67. The zero-order valence-electron chi connectivity index (χ0n) is 18.4. The number of nitrogens with zero attached hydrogens (tertiary/aromatic N) is 2. The van der Waals surface area contributed by atoms with Gasteiger partial charge in [0, 0.05) is 45.2 Å². The number of rotatable bonds is 8. The van der Waals surface area contributed by atoms with Gasteiger partial charge in [-0.1, -0.05) is 25.1 Å². The van der Waals surface area contributed by atoms with Gasteiger partial charge in [-0.25, -0.2) is 8.78 Å². The summed E-state index contributed by atoms with van der Waals surface area (Å²) in [4.78, 5) is 18.2. The Hall–Kier alpha value is -2.23. The predicted octanol–water partition coefficient (Wildman–Crippen LogP) is 4.19. The van der Waals surface area contributed by atoms with Crippen LogP contribution in [0.15, 0.2) is 47.5 Å². The summed E-state index contributed by atoms with van der Waals surface area (Å²) in [6.45, 7) is 5.69. The summed E-state index contributed by atoms with van der Waals surface area (Å²) >= 11 is 0. The van der Waals surface area contributed by atoms with Gasteiger partial charge in [0.25, 0.3) is 5.91 Å². The van der Waals surface area contributed by atoms with Gasteiger partial charge in [-0.15, -0.1) is 24.0 Å². The molecule has 5 nitrogen and oxygen atoms in total. The van der Waals surface area contributed by atoms with Gasteiger partial charge in [0.1, 0.15) is 0 Å². The Bertz CT molecular complexity index is 890. The Morgan fingerprint density at radius 2 is 1.84 bits per heavy atom. The topological polar surface area (TPSA) is 56.7 Å². The summed E-state index contributed by atoms with van der Waals surface area (Å²) in [5, 5.41) is 6.46. The summed E-state index contributed by atoms with van der Waals surface area (Å²) in [6.07, 6.45) is 0.734. The number of nitrogens with one attached hydrogen (secondary N) is 2. The van der Waals surface area contributed by atoms with Gasteiger partial charge in [0.05, 0.1) is 0 Å². The number of hydrogen-bond donors (Lipinski definition) is 2. The molecule has 2 N–H and O–H groups in total. The molecule has 0 aliphatic heterocycles. The standard InChI is InChI=1S/C23H30F2N4O.HI/c1-5-26-23(28-15-16(2)18-9-10-20(24)21(25)14-18)27-12-11-17-7-6-8-19(13-17)22(30)29(3)4;/h6-10,13-14,16H,5,11-12,15H2,1-4H3,(H2,26,27,28);1H. The van der Waals surface area contributed by atoms with Crippen molar-refractivity contribution >= 4 is 35.8 Å². The van der Waals surface area contributed by atoms with E-state index in [1.54, 1.807) is 25.1 Å². The van der Waals surface area contributed by atoms with Crippen molar-refractivity contribution in [2.75, 3.05) is 33.7 Å². The van der Waals surface area contributed by atoms with Crippen molar-refractivity contribution in [3.05, 3.63) is 70.8 Å². The van der Waals surface area contributed by atoms with Crippen LogP contribution < -0.4 is 10.6 Å². The number of benzene rings is 2. The van der Waals surface area contributed by atoms with Crippen LogP contribution in [0.25, 0.3) is 0 Å². The van der Waals surface area contributed by atoms with E-state index in [2.05, 4.69) is 15.6 Å². The number of hydrogen-bond acceptors (Lipinski definition) is 2. The molecule has 1 amide bonds. The molecule has 2 aromatic rings. The maximum absolute atomic E-state index is 13.5. The smallest absolute Gasteiger partial charge is 0.253 e. The minimum Gasteiger partial charge on any atom is -0.357 e. The average Bonchev–Trinajstić information content (AvgIpc) is 2.73. The molecular weight excluding hydrogens is 513 g/mol. The molecule has 8 heteroatoms. The monoisotopic (exact) mass is 544 g/mol. The third kappa shape index (κ3) is 8.43. The van der Waals surface area contributed by atoms with Crippen LogP contribution in [-0.4, -0.2) is 50.5 Å². The number of guanidine groups is 1. The van der Waals surface area contributed by atoms with Gasteiger partial charge in [-0.2, -0.15) is 0 Å². The number of aliphatic imine (C=N–C) groups is 1. The Kier molecular flexibility index (Phi) is 11.4. The van der Waals surface area contributed by atoms with Gasteiger partial charge < -0.3 is 15.5 Å². The van der Waals surface area contributed by atoms with E-state index in [1.807, 2.05) is 38.1 Å². The highest BCUT2D eigenvalue weighted by Crippen LogP contribution is 2.18. The van der Waals surface area contributed by atoms with Crippen molar-refractivity contribution in [3.8, 4) is 0 Å². The summed E-state index contributed by atoms with van der Waals surface area (Å²) < 4.78 is 26.6. The Labute approximate surface area is 200 Å². The molecule has 0 bridgehead atoms. The second kappa shape index (κ2) is 13.2. The summed E-state index contributed by atoms with van der Waals surface area (Å²) in [5.74, 6) is -1.10. The Morgan fingerprint density at radius 3 is 2.48 bits per heavy atom. The number of carbonyl (C=O) groups is 1. The lowest BCUT2D eigenvalue weighted by molar-refractivity contribution is 0.0827. The van der Waals surface area contributed by atoms with Gasteiger partial charge in [-0.05, 0) is 48.7 Å². The first-order chi connectivity index (χ1) is 14.3. The van der Waals surface area contributed by atoms with Crippen LogP contribution in [0, 0.1) is 11.6 Å². The second-order valence-corrected chi connectivity index (χ2v) is 7.37. The molecule has 1 atom stereocenters. The zero-order valence-corrected chi connectivity index (χ0v) is 20.7. The lowest BCUT2D eigenvalue weighted by Gasteiger charge is -2.14. The highest BCUT2D eigenvalue weighted by molar-refractivity contribution is 14.0. The van der Waals surface area contributed by atoms with E-state index < -0.39 is 11.6 Å². The van der Waals surface area contributed by atoms with E-state index in [9.17, 15) is 13.6 Å². The van der Waals surface area contributed by atoms with Crippen LogP contribution in [0.1, 0.15) is 41.3 Å². The molecule has 0 fully saturated rings. The summed E-state index contributed by atoms with van der Waals surface area (Å²) in [5.41, 5.74) is 2.43. The highest BCUT2D eigenvalue weighted by Gasteiger charge is 2.10. The van der Waals surface area contributed by atoms with Crippen LogP contribution >= 0.6 is 24.0 Å². The molecule has 0 radical (unpaired) electrons. The normalized spacial score (nSPS) is 12.0. The molecule has 0 aliphatic carbocycles. The van der Waals surface area contributed by atoms with Crippen molar-refractivity contribution in [2.24, 2.45) is 4.99 Å². The fraction of sp³-hybridized carbons (Fsp3) is 0.391. The van der Waals surface area contributed by atoms with E-state index in [-0.39, 0.29) is 35.8 Å². The van der Waals surface area contributed by atoms with Crippen molar-refractivity contribution in [2.45, 2.75) is 26.2 Å². The Balaban J connectivity index is 0.00000480. The van der Waals surface area contributed by atoms with Crippen molar-refractivity contribution in [1.82, 2.24) is 15.5 Å². The quantitative estimate of drug-likeness (QED) is 0.298. The van der Waals surface area contributed by atoms with E-state index in [0.717, 1.165) is 18.1 Å². The fourth-order valence-corrected chi connectivity index (χ4v) is 2.94. The van der Waals surface area contributed by atoms with E-state index in [4.69, 9.17) is 0 Å². The molecule has 31 heavy (non-hydrogen) atoms. The molecule has 0 aliphatic rings. The molecule has 2 aromatic carbocycles. The molecule has 0 saturated heterocycles. The maximum atomic E-state index is 13.5. The minimum atomic E-state index is -0.846. The van der Waals surface area contributed by atoms with Gasteiger partial charge in [0.15, 0.2) is 17.6 Å². The molecule has 2 rings (SSSR count). The molecule has 1 unspecified atom stereocenters. The van der Waals surface area contributed by atoms with Crippen LogP contribution in [0.2, 0.25) is 0 Å². The van der Waals surface area contributed by atoms with Crippen LogP contribution in [0.4, 0.5) is 8.78 Å². The lowest BCUT2D eigenvalue weighted by atomic mass is 10.0. The van der Waals surface area contributed by atoms with Crippen LogP contribution in [0.3, 0.4) is 0 Å². The fourth-order valence-electron chi connectivity index (χ4n) is 2.94. The van der Waals surface area contributed by atoms with Crippen molar-refractivity contribution in [1.29, 1.82) is 0 Å². The molecule has 0 aromatic heterocycles. The van der Waals surface area contributed by atoms with E-state index in [0.29, 0.717) is 36.7 Å². The highest BCUT2D eigenvalue weighted by atomic mass is 127. The molecular formula is C23H31F2IN4O. The van der Waals surface area contributed by atoms with E-state index in [1.165, 1.54) is 6.07 Å². The van der Waals surface area contributed by atoms with Gasteiger partial charge in [-0.3, -0.25) is 9.79 Å². The third-order valence-electron chi connectivity index (χ3n) is 4.67. The SMILES string of the molecule is CCNC(=NCC(C)c1ccc(F)c(F)c1)NCCc1cccc(C(=O)N(C)C)c1.I. The molecule has 0 heterocycles. The second-order valence-electron chi connectivity index (χ2n) is 7.37. The summed E-state index contributed by atoms with van der Waals surface area (Å²) in [7, 11) is 3.47. The van der Waals surface area contributed by atoms with Crippen molar-refractivity contribution < 1.29 is 13.6 Å². The van der Waals surface area contributed by atoms with Crippen LogP contribution in [0.5, 0.6) is 0 Å². The number of amides is 1.